The molecule has 7 heteroatoms. The molecule has 0 atom stereocenters. The molecule has 134 valence electrons. The molecule has 2 rings (SSSR count). The molecular formula is C17H26N2O4S. The molecule has 24 heavy (non-hydrogen) atoms. The van der Waals surface area contributed by atoms with E-state index < -0.39 is 15.6 Å². The fourth-order valence-corrected chi connectivity index (χ4v) is 3.58. The zero-order chi connectivity index (χ0) is 17.8. The van der Waals surface area contributed by atoms with Gasteiger partial charge in [-0.15, -0.1) is 0 Å². The van der Waals surface area contributed by atoms with E-state index in [1.54, 1.807) is 12.1 Å². The molecule has 1 aromatic rings. The van der Waals surface area contributed by atoms with Crippen LogP contribution in [0.5, 0.6) is 5.75 Å². The molecule has 0 spiro atoms. The Morgan fingerprint density at radius 1 is 1.17 bits per heavy atom. The number of ether oxygens (including phenoxy) is 1. The van der Waals surface area contributed by atoms with E-state index in [4.69, 9.17) is 4.74 Å². The van der Waals surface area contributed by atoms with Gasteiger partial charge in [0.1, 0.15) is 5.75 Å². The highest BCUT2D eigenvalue weighted by Crippen LogP contribution is 2.24. The second kappa shape index (κ2) is 7.53. The number of carbonyl (C=O) groups is 1. The Bertz CT molecular complexity index is 657. The minimum absolute atomic E-state index is 0.116. The summed E-state index contributed by atoms with van der Waals surface area (Å²) in [5, 5.41) is 2.71. The highest BCUT2D eigenvalue weighted by Gasteiger charge is 2.19. The monoisotopic (exact) mass is 354 g/mol. The first-order chi connectivity index (χ1) is 11.2. The van der Waals surface area contributed by atoms with Gasteiger partial charge in [-0.25, -0.2) is 13.1 Å². The molecule has 6 nitrogen and oxygen atoms in total. The number of benzene rings is 1. The smallest absolute Gasteiger partial charge is 0.241 e. The average Bonchev–Trinajstić information content (AvgIpc) is 2.97. The van der Waals surface area contributed by atoms with E-state index in [0.29, 0.717) is 5.75 Å². The first-order valence-electron chi connectivity index (χ1n) is 8.23. The molecule has 1 fully saturated rings. The van der Waals surface area contributed by atoms with Crippen LogP contribution >= 0.6 is 0 Å². The lowest BCUT2D eigenvalue weighted by molar-refractivity contribution is -0.121. The highest BCUT2D eigenvalue weighted by atomic mass is 32.2. The van der Waals surface area contributed by atoms with Crippen molar-refractivity contribution in [1.82, 2.24) is 10.0 Å². The number of hydrogen-bond donors (Lipinski definition) is 2. The lowest BCUT2D eigenvalue weighted by atomic mass is 10.1. The van der Waals surface area contributed by atoms with Crippen LogP contribution in [0, 0.1) is 0 Å². The molecule has 0 saturated heterocycles. The van der Waals surface area contributed by atoms with Gasteiger partial charge in [-0.05, 0) is 70.7 Å². The maximum Gasteiger partial charge on any atom is 0.241 e. The Morgan fingerprint density at radius 3 is 2.29 bits per heavy atom. The average molecular weight is 354 g/mol. The summed E-state index contributed by atoms with van der Waals surface area (Å²) >= 11 is 0. The summed E-state index contributed by atoms with van der Waals surface area (Å²) in [4.78, 5) is 11.8. The van der Waals surface area contributed by atoms with Gasteiger partial charge in [0.15, 0.2) is 0 Å². The summed E-state index contributed by atoms with van der Waals surface area (Å²) in [5.74, 6) is 0.304. The molecule has 1 aliphatic rings. The van der Waals surface area contributed by atoms with Crippen LogP contribution in [-0.2, 0) is 14.8 Å². The minimum atomic E-state index is -3.72. The largest absolute Gasteiger partial charge is 0.490 e. The van der Waals surface area contributed by atoms with Gasteiger partial charge < -0.3 is 10.1 Å². The molecule has 0 unspecified atom stereocenters. The SMILES string of the molecule is CC(C)(C)NC(=O)CNS(=O)(=O)c1ccc(OC2CCCC2)cc1. The van der Waals surface area contributed by atoms with E-state index in [-0.39, 0.29) is 23.5 Å². The van der Waals surface area contributed by atoms with Crippen LogP contribution < -0.4 is 14.8 Å². The highest BCUT2D eigenvalue weighted by molar-refractivity contribution is 7.89. The van der Waals surface area contributed by atoms with Crippen LogP contribution in [0.1, 0.15) is 46.5 Å². The van der Waals surface area contributed by atoms with Crippen molar-refractivity contribution in [2.24, 2.45) is 0 Å². The minimum Gasteiger partial charge on any atom is -0.490 e. The van der Waals surface area contributed by atoms with Gasteiger partial charge in [0.25, 0.3) is 0 Å². The zero-order valence-corrected chi connectivity index (χ0v) is 15.3. The number of amides is 1. The van der Waals surface area contributed by atoms with E-state index in [2.05, 4.69) is 10.0 Å². The summed E-state index contributed by atoms with van der Waals surface area (Å²) in [6.45, 7) is 5.22. The molecule has 1 aliphatic carbocycles. The third kappa shape index (κ3) is 5.79. The second-order valence-electron chi connectivity index (χ2n) is 7.12. The maximum atomic E-state index is 12.2. The summed E-state index contributed by atoms with van der Waals surface area (Å²) < 4.78 is 32.6. The fraction of sp³-hybridized carbons (Fsp3) is 0.588. The molecule has 1 aromatic carbocycles. The summed E-state index contributed by atoms with van der Waals surface area (Å²) in [6.07, 6.45) is 4.68. The van der Waals surface area contributed by atoms with Crippen LogP contribution in [0.3, 0.4) is 0 Å². The van der Waals surface area contributed by atoms with Gasteiger partial charge in [-0.2, -0.15) is 0 Å². The van der Waals surface area contributed by atoms with Crippen molar-refractivity contribution in [2.45, 2.75) is 63.0 Å². The van der Waals surface area contributed by atoms with E-state index in [1.807, 2.05) is 20.8 Å². The quantitative estimate of drug-likeness (QED) is 0.820. The van der Waals surface area contributed by atoms with Crippen LogP contribution in [0.2, 0.25) is 0 Å². The van der Waals surface area contributed by atoms with E-state index in [9.17, 15) is 13.2 Å². The third-order valence-electron chi connectivity index (χ3n) is 3.68. The Balaban J connectivity index is 1.92. The zero-order valence-electron chi connectivity index (χ0n) is 14.5. The van der Waals surface area contributed by atoms with Crippen LogP contribution in [0.4, 0.5) is 0 Å². The lowest BCUT2D eigenvalue weighted by Gasteiger charge is -2.20. The van der Waals surface area contributed by atoms with Gasteiger partial charge in [0.05, 0.1) is 17.5 Å². The number of hydrogen-bond acceptors (Lipinski definition) is 4. The van der Waals surface area contributed by atoms with Crippen molar-refractivity contribution in [3.8, 4) is 5.75 Å². The van der Waals surface area contributed by atoms with Crippen LogP contribution in [0.15, 0.2) is 29.2 Å². The van der Waals surface area contributed by atoms with Crippen LogP contribution in [0.25, 0.3) is 0 Å². The summed E-state index contributed by atoms with van der Waals surface area (Å²) in [5.41, 5.74) is -0.401. The topological polar surface area (TPSA) is 84.5 Å². The molecule has 0 bridgehead atoms. The van der Waals surface area contributed by atoms with Crippen molar-refractivity contribution in [3.05, 3.63) is 24.3 Å². The number of rotatable bonds is 6. The Hall–Kier alpha value is -1.60. The molecule has 1 amide bonds. The summed E-state index contributed by atoms with van der Waals surface area (Å²) in [7, 11) is -3.72. The van der Waals surface area contributed by atoms with Crippen molar-refractivity contribution in [3.63, 3.8) is 0 Å². The lowest BCUT2D eigenvalue weighted by Crippen LogP contribution is -2.45. The van der Waals surface area contributed by atoms with Gasteiger partial charge in [0.2, 0.25) is 15.9 Å². The number of nitrogens with one attached hydrogen (secondary N) is 2. The molecular weight excluding hydrogens is 328 g/mol. The summed E-state index contributed by atoms with van der Waals surface area (Å²) in [6, 6.07) is 6.30. The standard InChI is InChI=1S/C17H26N2O4S/c1-17(2,3)19-16(20)12-18-24(21,22)15-10-8-14(9-11-15)23-13-6-4-5-7-13/h8-11,13,18H,4-7,12H2,1-3H3,(H,19,20). The maximum absolute atomic E-state index is 12.2. The molecule has 0 aromatic heterocycles. The first kappa shape index (κ1) is 18.7. The fourth-order valence-electron chi connectivity index (χ4n) is 2.60. The van der Waals surface area contributed by atoms with Crippen molar-refractivity contribution >= 4 is 15.9 Å². The molecule has 2 N–H and O–H groups in total. The number of carbonyl (C=O) groups excluding carboxylic acids is 1. The van der Waals surface area contributed by atoms with Crippen LogP contribution in [-0.4, -0.2) is 32.5 Å². The molecule has 0 heterocycles. The van der Waals surface area contributed by atoms with Crippen molar-refractivity contribution in [2.75, 3.05) is 6.54 Å². The third-order valence-corrected chi connectivity index (χ3v) is 5.09. The second-order valence-corrected chi connectivity index (χ2v) is 8.89. The van der Waals surface area contributed by atoms with E-state index in [1.165, 1.54) is 25.0 Å². The Morgan fingerprint density at radius 2 is 1.75 bits per heavy atom. The predicted molar refractivity (Wildman–Crippen MR) is 92.4 cm³/mol. The van der Waals surface area contributed by atoms with Gasteiger partial charge in [-0.1, -0.05) is 0 Å². The molecule has 1 saturated carbocycles. The molecule has 0 aliphatic heterocycles. The van der Waals surface area contributed by atoms with Crippen molar-refractivity contribution < 1.29 is 17.9 Å². The Labute approximate surface area is 144 Å². The normalized spacial score (nSPS) is 16.1. The predicted octanol–water partition coefficient (Wildman–Crippen LogP) is 2.20. The van der Waals surface area contributed by atoms with Gasteiger partial charge in [0, 0.05) is 5.54 Å². The van der Waals surface area contributed by atoms with E-state index >= 15 is 0 Å². The van der Waals surface area contributed by atoms with Gasteiger partial charge >= 0.3 is 0 Å². The first-order valence-corrected chi connectivity index (χ1v) is 9.71. The van der Waals surface area contributed by atoms with E-state index in [0.717, 1.165) is 12.8 Å². The van der Waals surface area contributed by atoms with Gasteiger partial charge in [-0.3, -0.25) is 4.79 Å². The Kier molecular flexibility index (Phi) is 5.87. The molecule has 0 radical (unpaired) electrons. The number of sulfonamides is 1. The van der Waals surface area contributed by atoms with Crippen molar-refractivity contribution in [1.29, 1.82) is 0 Å².